The minimum Gasteiger partial charge on any atom is -0.497 e. The molecule has 5 nitrogen and oxygen atoms in total. The summed E-state index contributed by atoms with van der Waals surface area (Å²) in [6.07, 6.45) is 4.16. The van der Waals surface area contributed by atoms with Crippen molar-refractivity contribution < 1.29 is 14.3 Å². The van der Waals surface area contributed by atoms with Crippen molar-refractivity contribution in [2.24, 2.45) is 0 Å². The Morgan fingerprint density at radius 3 is 2.21 bits per heavy atom. The van der Waals surface area contributed by atoms with Crippen LogP contribution in [-0.2, 0) is 17.8 Å². The van der Waals surface area contributed by atoms with Gasteiger partial charge in [0, 0.05) is 22.7 Å². The zero-order valence-electron chi connectivity index (χ0n) is 23.8. The number of amides is 2. The smallest absolute Gasteiger partial charge is 0.329 e. The molecule has 3 aliphatic rings. The van der Waals surface area contributed by atoms with E-state index in [-0.39, 0.29) is 11.6 Å². The molecule has 8 heteroatoms. The van der Waals surface area contributed by atoms with E-state index < -0.39 is 0 Å². The van der Waals surface area contributed by atoms with E-state index in [0.29, 0.717) is 39.8 Å². The maximum absolute atomic E-state index is 14.5. The number of ether oxygens (including phenoxy) is 2. The molecule has 2 fully saturated rings. The number of carbonyl (C=O) groups is 1. The lowest BCUT2D eigenvalue weighted by atomic mass is 9.77. The van der Waals surface area contributed by atoms with Gasteiger partial charge in [0.15, 0.2) is 0 Å². The molecular weight excluding hydrogens is 603 g/mol. The molecular formula is C35H31Cl3N2O3. The van der Waals surface area contributed by atoms with E-state index in [1.165, 1.54) is 5.56 Å². The number of urea groups is 1. The molecule has 1 aliphatic carbocycles. The lowest BCUT2D eigenvalue weighted by molar-refractivity contribution is 0.198. The molecule has 7 rings (SSSR count). The fourth-order valence-corrected chi connectivity index (χ4v) is 7.37. The van der Waals surface area contributed by atoms with Crippen LogP contribution in [0.15, 0.2) is 78.9 Å². The topological polar surface area (TPSA) is 45.3 Å². The molecule has 4 aromatic rings. The van der Waals surface area contributed by atoms with Crippen LogP contribution < -0.4 is 9.64 Å². The molecule has 0 atom stereocenters. The number of rotatable bonds is 6. The average molecular weight is 634 g/mol. The highest BCUT2D eigenvalue weighted by molar-refractivity contribution is 6.40. The third-order valence-corrected chi connectivity index (χ3v) is 10.0. The standard InChI is InChI=1S/C35H31Cl3N2O3/c1-42-25-11-9-22(10-12-25)19-39-20-28-27(26-5-2-3-6-29(26)36)17-24(23-13-15-35(16-14-23)21-43-35)18-32(28)40(34(39)41)33-30(37)7-4-8-31(33)38/h2-12,17-18,23H,13-16,19-21H2,1H3. The fraction of sp³-hybridized carbons (Fsp3) is 0.286. The number of anilines is 2. The second kappa shape index (κ2) is 11.4. The van der Waals surface area contributed by atoms with Crippen molar-refractivity contribution in [3.8, 4) is 16.9 Å². The summed E-state index contributed by atoms with van der Waals surface area (Å²) in [5, 5.41) is 1.48. The molecule has 2 aliphatic heterocycles. The summed E-state index contributed by atoms with van der Waals surface area (Å²) < 4.78 is 11.1. The Balaban J connectivity index is 1.40. The zero-order chi connectivity index (χ0) is 29.7. The van der Waals surface area contributed by atoms with Crippen molar-refractivity contribution in [3.63, 3.8) is 0 Å². The van der Waals surface area contributed by atoms with E-state index in [2.05, 4.69) is 12.1 Å². The lowest BCUT2D eigenvalue weighted by Gasteiger charge is -2.40. The summed E-state index contributed by atoms with van der Waals surface area (Å²) in [5.41, 5.74) is 6.48. The first-order valence-electron chi connectivity index (χ1n) is 14.6. The molecule has 0 N–H and O–H groups in total. The van der Waals surface area contributed by atoms with E-state index in [1.807, 2.05) is 53.4 Å². The number of epoxide rings is 1. The monoisotopic (exact) mass is 632 g/mol. The molecule has 2 heterocycles. The van der Waals surface area contributed by atoms with Gasteiger partial charge in [0.05, 0.1) is 47.3 Å². The second-order valence-electron chi connectivity index (χ2n) is 11.7. The van der Waals surface area contributed by atoms with Crippen molar-refractivity contribution in [1.82, 2.24) is 4.90 Å². The van der Waals surface area contributed by atoms with E-state index in [4.69, 9.17) is 44.3 Å². The SMILES string of the molecule is COc1ccc(CN2Cc3c(-c4ccccc4Cl)cc(C4CCC5(CC4)CO5)cc3N(c3c(Cl)cccc3Cl)C2=O)cc1. The van der Waals surface area contributed by atoms with E-state index in [9.17, 15) is 4.79 Å². The average Bonchev–Trinajstić information content (AvgIpc) is 3.77. The predicted molar refractivity (Wildman–Crippen MR) is 173 cm³/mol. The Labute approximate surface area is 266 Å². The van der Waals surface area contributed by atoms with Gasteiger partial charge in [0.25, 0.3) is 0 Å². The van der Waals surface area contributed by atoms with Gasteiger partial charge in [-0.15, -0.1) is 0 Å². The van der Waals surface area contributed by atoms with Crippen LogP contribution >= 0.6 is 34.8 Å². The number of halogens is 3. The molecule has 0 unspecified atom stereocenters. The molecule has 2 amide bonds. The predicted octanol–water partition coefficient (Wildman–Crippen LogP) is 10.0. The summed E-state index contributed by atoms with van der Waals surface area (Å²) in [7, 11) is 1.64. The number of benzene rings is 4. The van der Waals surface area contributed by atoms with Crippen molar-refractivity contribution >= 4 is 52.2 Å². The number of fused-ring (bicyclic) bond motifs is 1. The molecule has 1 spiro atoms. The first-order chi connectivity index (χ1) is 20.9. The van der Waals surface area contributed by atoms with Crippen molar-refractivity contribution in [1.29, 1.82) is 0 Å². The van der Waals surface area contributed by atoms with Crippen LogP contribution in [0.2, 0.25) is 15.1 Å². The summed E-state index contributed by atoms with van der Waals surface area (Å²) in [6.45, 7) is 1.67. The van der Waals surface area contributed by atoms with Crippen LogP contribution in [0.1, 0.15) is 48.3 Å². The fourth-order valence-electron chi connectivity index (χ4n) is 6.56. The molecule has 0 bridgehead atoms. The van der Waals surface area contributed by atoms with Gasteiger partial charge < -0.3 is 14.4 Å². The van der Waals surface area contributed by atoms with Crippen LogP contribution in [-0.4, -0.2) is 30.2 Å². The van der Waals surface area contributed by atoms with Gasteiger partial charge in [-0.2, -0.15) is 0 Å². The molecule has 4 aromatic carbocycles. The van der Waals surface area contributed by atoms with Crippen molar-refractivity contribution in [3.05, 3.63) is 111 Å². The zero-order valence-corrected chi connectivity index (χ0v) is 26.1. The van der Waals surface area contributed by atoms with Crippen molar-refractivity contribution in [2.45, 2.75) is 50.3 Å². The van der Waals surface area contributed by atoms with Gasteiger partial charge in [-0.05, 0) is 84.7 Å². The summed E-state index contributed by atoms with van der Waals surface area (Å²) >= 11 is 20.4. The van der Waals surface area contributed by atoms with Crippen molar-refractivity contribution in [2.75, 3.05) is 18.6 Å². The van der Waals surface area contributed by atoms with Gasteiger partial charge in [0.2, 0.25) is 0 Å². The number of hydrogen-bond acceptors (Lipinski definition) is 3. The minimum absolute atomic E-state index is 0.0886. The first kappa shape index (κ1) is 28.5. The Hall–Kier alpha value is -3.22. The second-order valence-corrected chi connectivity index (χ2v) is 12.9. The Kier molecular flexibility index (Phi) is 7.55. The number of nitrogens with zero attached hydrogens (tertiary/aromatic N) is 2. The normalized spacial score (nSPS) is 21.2. The third-order valence-electron chi connectivity index (χ3n) is 9.08. The van der Waals surface area contributed by atoms with E-state index in [1.54, 1.807) is 30.2 Å². The van der Waals surface area contributed by atoms with Gasteiger partial charge in [-0.3, -0.25) is 4.90 Å². The third kappa shape index (κ3) is 5.38. The summed E-state index contributed by atoms with van der Waals surface area (Å²) in [4.78, 5) is 18.0. The lowest BCUT2D eigenvalue weighted by Crippen LogP contribution is -2.44. The molecule has 1 saturated carbocycles. The first-order valence-corrected chi connectivity index (χ1v) is 15.7. The highest BCUT2D eigenvalue weighted by Gasteiger charge is 2.47. The van der Waals surface area contributed by atoms with Crippen LogP contribution in [0.25, 0.3) is 11.1 Å². The summed E-state index contributed by atoms with van der Waals surface area (Å²) in [5.74, 6) is 1.11. The molecule has 0 aromatic heterocycles. The van der Waals surface area contributed by atoms with Gasteiger partial charge in [-0.25, -0.2) is 4.79 Å². The minimum atomic E-state index is -0.186. The van der Waals surface area contributed by atoms with Gasteiger partial charge in [-0.1, -0.05) is 77.3 Å². The molecule has 220 valence electrons. The summed E-state index contributed by atoms with van der Waals surface area (Å²) in [6, 6.07) is 25.3. The van der Waals surface area contributed by atoms with E-state index in [0.717, 1.165) is 66.0 Å². The maximum atomic E-state index is 14.5. The Morgan fingerprint density at radius 2 is 1.56 bits per heavy atom. The van der Waals surface area contributed by atoms with Gasteiger partial charge >= 0.3 is 6.03 Å². The number of carbonyl (C=O) groups excluding carboxylic acids is 1. The highest BCUT2D eigenvalue weighted by atomic mass is 35.5. The highest BCUT2D eigenvalue weighted by Crippen LogP contribution is 2.51. The van der Waals surface area contributed by atoms with Crippen LogP contribution in [0, 0.1) is 0 Å². The van der Waals surface area contributed by atoms with Crippen LogP contribution in [0.5, 0.6) is 5.75 Å². The number of hydrogen-bond donors (Lipinski definition) is 0. The Bertz CT molecular complexity index is 1670. The maximum Gasteiger partial charge on any atom is 0.329 e. The molecule has 43 heavy (non-hydrogen) atoms. The molecule has 1 saturated heterocycles. The van der Waals surface area contributed by atoms with E-state index >= 15 is 0 Å². The number of methoxy groups -OCH3 is 1. The molecule has 0 radical (unpaired) electrons. The Morgan fingerprint density at radius 1 is 0.884 bits per heavy atom. The van der Waals surface area contributed by atoms with Crippen LogP contribution in [0.3, 0.4) is 0 Å². The largest absolute Gasteiger partial charge is 0.497 e. The number of para-hydroxylation sites is 1. The quantitative estimate of drug-likeness (QED) is 0.199. The van der Waals surface area contributed by atoms with Gasteiger partial charge in [0.1, 0.15) is 5.75 Å². The van der Waals surface area contributed by atoms with Crippen LogP contribution in [0.4, 0.5) is 16.2 Å².